The minimum Gasteiger partial charge on any atom is -0.489 e. The van der Waals surface area contributed by atoms with E-state index in [0.29, 0.717) is 6.61 Å². The summed E-state index contributed by atoms with van der Waals surface area (Å²) in [5.41, 5.74) is 3.00. The highest BCUT2D eigenvalue weighted by Crippen LogP contribution is 2.26. The summed E-state index contributed by atoms with van der Waals surface area (Å²) in [4.78, 5) is 12.1. The smallest absolute Gasteiger partial charge is 0.145 e. The van der Waals surface area contributed by atoms with Crippen molar-refractivity contribution in [1.29, 1.82) is 0 Å². The molecule has 4 aromatic rings. The highest BCUT2D eigenvalue weighted by atomic mass is 35.5. The van der Waals surface area contributed by atoms with Crippen LogP contribution in [0.2, 0.25) is 5.02 Å². The number of rotatable bonds is 7. The molecule has 3 aromatic carbocycles. The molecule has 0 spiro atoms. The van der Waals surface area contributed by atoms with Crippen molar-refractivity contribution in [3.8, 4) is 5.75 Å². The topological polar surface area (TPSA) is 50.3 Å². The third-order valence-electron chi connectivity index (χ3n) is 5.65. The first kappa shape index (κ1) is 20.7. The molecular formula is C26H25ClN4O. The van der Waals surface area contributed by atoms with Crippen LogP contribution in [0.15, 0.2) is 72.8 Å². The standard InChI is InChI=1S/C26H25ClN4O/c27-20-9-7-19(8-10-20)18-32-22-13-11-21(12-14-22)28-26-23-5-1-2-6-24(23)29-25(30-26)17-31-15-3-4-16-31/h1-2,5-14H,3-4,15-18H2,(H,28,29,30). The van der Waals surface area contributed by atoms with E-state index in [4.69, 9.17) is 26.3 Å². The fourth-order valence-corrected chi connectivity index (χ4v) is 4.08. The number of likely N-dealkylation sites (tertiary alicyclic amines) is 1. The van der Waals surface area contributed by atoms with Gasteiger partial charge < -0.3 is 10.1 Å². The van der Waals surface area contributed by atoms with Crippen molar-refractivity contribution in [2.75, 3.05) is 18.4 Å². The van der Waals surface area contributed by atoms with E-state index in [9.17, 15) is 0 Å². The summed E-state index contributed by atoms with van der Waals surface area (Å²) in [5.74, 6) is 2.50. The Labute approximate surface area is 193 Å². The largest absolute Gasteiger partial charge is 0.489 e. The van der Waals surface area contributed by atoms with E-state index < -0.39 is 0 Å². The van der Waals surface area contributed by atoms with E-state index in [1.165, 1.54) is 12.8 Å². The highest BCUT2D eigenvalue weighted by Gasteiger charge is 2.15. The summed E-state index contributed by atoms with van der Waals surface area (Å²) < 4.78 is 5.90. The Morgan fingerprint density at radius 3 is 2.41 bits per heavy atom. The molecule has 0 saturated carbocycles. The molecule has 1 saturated heterocycles. The fraction of sp³-hybridized carbons (Fsp3) is 0.231. The molecule has 1 aromatic heterocycles. The van der Waals surface area contributed by atoms with Gasteiger partial charge >= 0.3 is 0 Å². The first-order chi connectivity index (χ1) is 15.7. The van der Waals surface area contributed by atoms with Crippen LogP contribution in [0.3, 0.4) is 0 Å². The lowest BCUT2D eigenvalue weighted by Gasteiger charge is -2.16. The zero-order chi connectivity index (χ0) is 21.8. The van der Waals surface area contributed by atoms with E-state index in [1.54, 1.807) is 0 Å². The highest BCUT2D eigenvalue weighted by molar-refractivity contribution is 6.30. The maximum absolute atomic E-state index is 5.94. The number of aromatic nitrogens is 2. The molecule has 162 valence electrons. The normalized spacial score (nSPS) is 14.0. The second kappa shape index (κ2) is 9.55. The predicted molar refractivity (Wildman–Crippen MR) is 130 cm³/mol. The molecule has 0 amide bonds. The summed E-state index contributed by atoms with van der Waals surface area (Å²) in [7, 11) is 0. The van der Waals surface area contributed by atoms with Gasteiger partial charge in [-0.3, -0.25) is 4.90 Å². The molecule has 6 heteroatoms. The second-order valence-corrected chi connectivity index (χ2v) is 8.49. The van der Waals surface area contributed by atoms with Gasteiger partial charge in [0.1, 0.15) is 24.0 Å². The van der Waals surface area contributed by atoms with Gasteiger partial charge in [-0.15, -0.1) is 0 Å². The molecule has 1 aliphatic heterocycles. The molecule has 32 heavy (non-hydrogen) atoms. The summed E-state index contributed by atoms with van der Waals surface area (Å²) in [5, 5.41) is 5.22. The number of fused-ring (bicyclic) bond motifs is 1. The first-order valence-corrected chi connectivity index (χ1v) is 11.3. The molecule has 0 radical (unpaired) electrons. The number of anilines is 2. The zero-order valence-corrected chi connectivity index (χ0v) is 18.6. The third-order valence-corrected chi connectivity index (χ3v) is 5.90. The van der Waals surface area contributed by atoms with Gasteiger partial charge in [0.05, 0.1) is 12.1 Å². The quantitative estimate of drug-likeness (QED) is 0.367. The van der Waals surface area contributed by atoms with Gasteiger partial charge in [-0.25, -0.2) is 9.97 Å². The Morgan fingerprint density at radius 1 is 0.875 bits per heavy atom. The van der Waals surface area contributed by atoms with Crippen molar-refractivity contribution in [1.82, 2.24) is 14.9 Å². The number of hydrogen-bond acceptors (Lipinski definition) is 5. The average Bonchev–Trinajstić information content (AvgIpc) is 3.33. The van der Waals surface area contributed by atoms with E-state index in [-0.39, 0.29) is 0 Å². The minimum atomic E-state index is 0.500. The molecule has 1 fully saturated rings. The van der Waals surface area contributed by atoms with E-state index >= 15 is 0 Å². The lowest BCUT2D eigenvalue weighted by atomic mass is 10.2. The van der Waals surface area contributed by atoms with Gasteiger partial charge in [0.2, 0.25) is 0 Å². The summed E-state index contributed by atoms with van der Waals surface area (Å²) >= 11 is 5.94. The van der Waals surface area contributed by atoms with Gasteiger partial charge in [-0.2, -0.15) is 0 Å². The molecule has 0 unspecified atom stereocenters. The van der Waals surface area contributed by atoms with Crippen molar-refractivity contribution in [3.63, 3.8) is 0 Å². The zero-order valence-electron chi connectivity index (χ0n) is 17.8. The molecule has 0 aliphatic carbocycles. The lowest BCUT2D eigenvalue weighted by Crippen LogP contribution is -2.20. The Bertz CT molecular complexity index is 1190. The third kappa shape index (κ3) is 5.01. The Balaban J connectivity index is 1.31. The summed E-state index contributed by atoms with van der Waals surface area (Å²) in [6.45, 7) is 3.53. The number of hydrogen-bond donors (Lipinski definition) is 1. The van der Waals surface area contributed by atoms with Crippen molar-refractivity contribution < 1.29 is 4.74 Å². The van der Waals surface area contributed by atoms with Crippen LogP contribution in [0, 0.1) is 0 Å². The van der Waals surface area contributed by atoms with Crippen LogP contribution in [-0.2, 0) is 13.2 Å². The molecular weight excluding hydrogens is 420 g/mol. The summed E-state index contributed by atoms with van der Waals surface area (Å²) in [6.07, 6.45) is 2.51. The number of ether oxygens (including phenoxy) is 1. The van der Waals surface area contributed by atoms with Gasteiger partial charge in [-0.1, -0.05) is 35.9 Å². The van der Waals surface area contributed by atoms with Crippen LogP contribution in [-0.4, -0.2) is 28.0 Å². The van der Waals surface area contributed by atoms with Crippen LogP contribution in [0.5, 0.6) is 5.75 Å². The lowest BCUT2D eigenvalue weighted by molar-refractivity contribution is 0.306. The Morgan fingerprint density at radius 2 is 1.62 bits per heavy atom. The number of para-hydroxylation sites is 1. The molecule has 0 atom stereocenters. The van der Waals surface area contributed by atoms with Gasteiger partial charge in [0, 0.05) is 16.1 Å². The summed E-state index contributed by atoms with van der Waals surface area (Å²) in [6, 6.07) is 23.8. The van der Waals surface area contributed by atoms with Crippen LogP contribution >= 0.6 is 11.6 Å². The van der Waals surface area contributed by atoms with Crippen molar-refractivity contribution >= 4 is 34.0 Å². The van der Waals surface area contributed by atoms with E-state index in [1.807, 2.05) is 66.7 Å². The predicted octanol–water partition coefficient (Wildman–Crippen LogP) is 6.20. The molecule has 5 nitrogen and oxygen atoms in total. The second-order valence-electron chi connectivity index (χ2n) is 8.05. The van der Waals surface area contributed by atoms with E-state index in [2.05, 4.69) is 16.3 Å². The maximum Gasteiger partial charge on any atom is 0.145 e. The number of nitrogens with zero attached hydrogens (tertiary/aromatic N) is 3. The van der Waals surface area contributed by atoms with E-state index in [0.717, 1.165) is 64.2 Å². The molecule has 2 heterocycles. The van der Waals surface area contributed by atoms with Crippen molar-refractivity contribution in [2.24, 2.45) is 0 Å². The number of benzene rings is 3. The van der Waals surface area contributed by atoms with Crippen molar-refractivity contribution in [2.45, 2.75) is 26.0 Å². The van der Waals surface area contributed by atoms with Crippen LogP contribution in [0.25, 0.3) is 10.9 Å². The van der Waals surface area contributed by atoms with Gasteiger partial charge in [0.15, 0.2) is 0 Å². The fourth-order valence-electron chi connectivity index (χ4n) is 3.95. The van der Waals surface area contributed by atoms with Crippen molar-refractivity contribution in [3.05, 3.63) is 89.2 Å². The SMILES string of the molecule is Clc1ccc(COc2ccc(Nc3nc(CN4CCCC4)nc4ccccc34)cc2)cc1. The van der Waals surface area contributed by atoms with Crippen LogP contribution < -0.4 is 10.1 Å². The Kier molecular flexibility index (Phi) is 6.19. The number of nitrogens with one attached hydrogen (secondary N) is 1. The van der Waals surface area contributed by atoms with Gasteiger partial charge in [0.25, 0.3) is 0 Å². The maximum atomic E-state index is 5.94. The van der Waals surface area contributed by atoms with Crippen LogP contribution in [0.1, 0.15) is 24.2 Å². The Hall–Kier alpha value is -3.15. The molecule has 1 N–H and O–H groups in total. The average molecular weight is 445 g/mol. The minimum absolute atomic E-state index is 0.500. The number of halogens is 1. The van der Waals surface area contributed by atoms with Crippen LogP contribution in [0.4, 0.5) is 11.5 Å². The molecule has 5 rings (SSSR count). The monoisotopic (exact) mass is 444 g/mol. The first-order valence-electron chi connectivity index (χ1n) is 11.0. The molecule has 1 aliphatic rings. The molecule has 0 bridgehead atoms. The van der Waals surface area contributed by atoms with Gasteiger partial charge in [-0.05, 0) is 80.0 Å².